The number of benzene rings is 1. The molecule has 3 atom stereocenters. The molecule has 2 aromatic rings. The SMILES string of the molecule is C=C(F)C(=O)N1CCN(c2nc(OCC(CCC)(CCCC)CCCC)nc3c2CCC(CCc2ccccc2Cl)C3C)CC1CC#N. The number of unbranched alkanes of at least 4 members (excludes halogenated alkanes) is 2. The minimum atomic E-state index is -1.00. The number of rotatable bonds is 17. The molecule has 1 aromatic carbocycles. The third-order valence-electron chi connectivity index (χ3n) is 10.7. The lowest BCUT2D eigenvalue weighted by molar-refractivity contribution is -0.131. The van der Waals surface area contributed by atoms with Crippen LogP contribution in [0.1, 0.15) is 121 Å². The van der Waals surface area contributed by atoms with Gasteiger partial charge in [0, 0.05) is 41.6 Å². The van der Waals surface area contributed by atoms with Crippen LogP contribution in [0.2, 0.25) is 5.02 Å². The Bertz CT molecular complexity index is 1420. The normalized spacial score (nSPS) is 19.5. The molecule has 1 aliphatic carbocycles. The lowest BCUT2D eigenvalue weighted by Gasteiger charge is -2.42. The van der Waals surface area contributed by atoms with Gasteiger partial charge in [0.25, 0.3) is 5.91 Å². The van der Waals surface area contributed by atoms with Crippen molar-refractivity contribution in [1.82, 2.24) is 14.9 Å². The van der Waals surface area contributed by atoms with Crippen molar-refractivity contribution in [3.05, 3.63) is 58.5 Å². The number of nitrogens with zero attached hydrogens (tertiary/aromatic N) is 5. The van der Waals surface area contributed by atoms with Gasteiger partial charge in [0.2, 0.25) is 0 Å². The Labute approximate surface area is 292 Å². The fourth-order valence-corrected chi connectivity index (χ4v) is 8.07. The van der Waals surface area contributed by atoms with Crippen LogP contribution in [0.15, 0.2) is 36.7 Å². The Balaban J connectivity index is 1.68. The number of halogens is 2. The van der Waals surface area contributed by atoms with Crippen LogP contribution in [0.5, 0.6) is 6.01 Å². The maximum atomic E-state index is 13.9. The molecule has 2 heterocycles. The van der Waals surface area contributed by atoms with E-state index in [1.807, 2.05) is 18.2 Å². The van der Waals surface area contributed by atoms with E-state index in [2.05, 4.69) is 51.3 Å². The largest absolute Gasteiger partial charge is 0.463 e. The highest BCUT2D eigenvalue weighted by atomic mass is 35.5. The van der Waals surface area contributed by atoms with Crippen molar-refractivity contribution in [3.8, 4) is 12.1 Å². The average molecular weight is 680 g/mol. The summed E-state index contributed by atoms with van der Waals surface area (Å²) in [6.07, 6.45) is 13.0. The van der Waals surface area contributed by atoms with Gasteiger partial charge in [-0.2, -0.15) is 15.2 Å². The van der Waals surface area contributed by atoms with E-state index in [4.69, 9.17) is 26.3 Å². The van der Waals surface area contributed by atoms with Gasteiger partial charge in [-0.3, -0.25) is 4.79 Å². The van der Waals surface area contributed by atoms with Gasteiger partial charge in [-0.25, -0.2) is 4.39 Å². The number of hydrogen-bond acceptors (Lipinski definition) is 6. The first-order valence-electron chi connectivity index (χ1n) is 18.2. The highest BCUT2D eigenvalue weighted by molar-refractivity contribution is 6.31. The van der Waals surface area contributed by atoms with Gasteiger partial charge in [-0.05, 0) is 62.5 Å². The van der Waals surface area contributed by atoms with Crippen molar-refractivity contribution >= 4 is 23.3 Å². The number of fused-ring (bicyclic) bond motifs is 1. The van der Waals surface area contributed by atoms with Crippen molar-refractivity contribution in [1.29, 1.82) is 5.26 Å². The number of carbonyl (C=O) groups is 1. The molecule has 1 fully saturated rings. The second-order valence-corrected chi connectivity index (χ2v) is 14.4. The van der Waals surface area contributed by atoms with Gasteiger partial charge >= 0.3 is 6.01 Å². The fourth-order valence-electron chi connectivity index (χ4n) is 7.84. The van der Waals surface area contributed by atoms with Crippen molar-refractivity contribution in [2.75, 3.05) is 31.1 Å². The highest BCUT2D eigenvalue weighted by Crippen LogP contribution is 2.43. The molecular weight excluding hydrogens is 625 g/mol. The summed E-state index contributed by atoms with van der Waals surface area (Å²) in [4.78, 5) is 26.5. The standard InChI is InChI=1S/C39H55ClFN5O2/c1-6-9-21-39(20-8-3,22-10-7-2)27-48-38-43-35-28(4)30(15-16-31-13-11-12-14-34(31)40)17-18-33(35)36(44-38)45-24-25-46(37(47)29(5)41)32(26-45)19-23-42/h11-14,28,30,32H,5-10,15-22,24-27H2,1-4H3. The molecule has 0 spiro atoms. The van der Waals surface area contributed by atoms with E-state index in [-0.39, 0.29) is 24.3 Å². The summed E-state index contributed by atoms with van der Waals surface area (Å²) >= 11 is 6.51. The number of carbonyl (C=O) groups excluding carboxylic acids is 1. The predicted molar refractivity (Wildman–Crippen MR) is 192 cm³/mol. The first kappa shape index (κ1) is 37.6. The van der Waals surface area contributed by atoms with Gasteiger partial charge in [0.05, 0.1) is 30.8 Å². The van der Waals surface area contributed by atoms with Gasteiger partial charge in [-0.1, -0.05) is 96.2 Å². The maximum absolute atomic E-state index is 13.9. The van der Waals surface area contributed by atoms with Crippen molar-refractivity contribution in [2.24, 2.45) is 11.3 Å². The minimum absolute atomic E-state index is 0.0853. The van der Waals surface area contributed by atoms with Crippen LogP contribution >= 0.6 is 11.6 Å². The molecule has 9 heteroatoms. The second-order valence-electron chi connectivity index (χ2n) is 14.0. The number of ether oxygens (including phenoxy) is 1. The van der Waals surface area contributed by atoms with Crippen molar-refractivity contribution in [2.45, 2.75) is 123 Å². The van der Waals surface area contributed by atoms with E-state index in [0.29, 0.717) is 31.6 Å². The Morgan fingerprint density at radius 2 is 1.85 bits per heavy atom. The third kappa shape index (κ3) is 9.28. The number of nitriles is 1. The van der Waals surface area contributed by atoms with Crippen LogP contribution in [0.25, 0.3) is 0 Å². The summed E-state index contributed by atoms with van der Waals surface area (Å²) in [6, 6.07) is 10.2. The van der Waals surface area contributed by atoms with E-state index in [0.717, 1.165) is 86.3 Å². The topological polar surface area (TPSA) is 82.3 Å². The molecule has 0 saturated carbocycles. The van der Waals surface area contributed by atoms with Gasteiger partial charge in [0.1, 0.15) is 5.82 Å². The van der Waals surface area contributed by atoms with Crippen LogP contribution in [0.3, 0.4) is 0 Å². The Morgan fingerprint density at radius 1 is 1.12 bits per heavy atom. The lowest BCUT2D eigenvalue weighted by atomic mass is 9.75. The number of hydrogen-bond donors (Lipinski definition) is 0. The number of anilines is 1. The van der Waals surface area contributed by atoms with Crippen LogP contribution in [0, 0.1) is 22.7 Å². The Kier molecular flexibility index (Phi) is 14.1. The zero-order valence-electron chi connectivity index (χ0n) is 29.6. The van der Waals surface area contributed by atoms with Crippen LogP contribution in [0.4, 0.5) is 10.2 Å². The molecule has 1 amide bonds. The number of aryl methyl sites for hydroxylation is 1. The maximum Gasteiger partial charge on any atom is 0.318 e. The summed E-state index contributed by atoms with van der Waals surface area (Å²) in [5, 5.41) is 10.4. The van der Waals surface area contributed by atoms with Crippen LogP contribution in [-0.2, 0) is 17.6 Å². The van der Waals surface area contributed by atoms with Gasteiger partial charge in [-0.15, -0.1) is 0 Å². The monoisotopic (exact) mass is 679 g/mol. The quantitative estimate of drug-likeness (QED) is 0.155. The molecule has 3 unspecified atom stereocenters. The zero-order valence-corrected chi connectivity index (χ0v) is 30.3. The van der Waals surface area contributed by atoms with E-state index in [1.54, 1.807) is 0 Å². The van der Waals surface area contributed by atoms with E-state index in [1.165, 1.54) is 23.3 Å². The van der Waals surface area contributed by atoms with E-state index in [9.17, 15) is 14.4 Å². The van der Waals surface area contributed by atoms with Gasteiger partial charge in [0.15, 0.2) is 5.83 Å². The molecular formula is C39H55ClFN5O2. The average Bonchev–Trinajstić information content (AvgIpc) is 3.09. The van der Waals surface area contributed by atoms with Crippen molar-refractivity contribution in [3.63, 3.8) is 0 Å². The Morgan fingerprint density at radius 3 is 2.50 bits per heavy atom. The summed E-state index contributed by atoms with van der Waals surface area (Å²) < 4.78 is 20.6. The molecule has 4 rings (SSSR count). The molecule has 0 bridgehead atoms. The molecule has 2 aliphatic rings. The molecule has 262 valence electrons. The zero-order chi connectivity index (χ0) is 34.7. The summed E-state index contributed by atoms with van der Waals surface area (Å²) in [5.41, 5.74) is 3.40. The first-order valence-corrected chi connectivity index (χ1v) is 18.6. The second kappa shape index (κ2) is 18.0. The first-order chi connectivity index (χ1) is 23.2. The molecule has 7 nitrogen and oxygen atoms in total. The van der Waals surface area contributed by atoms with E-state index < -0.39 is 17.8 Å². The molecule has 0 radical (unpaired) electrons. The third-order valence-corrected chi connectivity index (χ3v) is 11.0. The summed E-state index contributed by atoms with van der Waals surface area (Å²) in [7, 11) is 0. The Hall–Kier alpha value is -3.18. The lowest BCUT2D eigenvalue weighted by Crippen LogP contribution is -2.55. The predicted octanol–water partition coefficient (Wildman–Crippen LogP) is 9.39. The smallest absolute Gasteiger partial charge is 0.318 e. The van der Waals surface area contributed by atoms with E-state index >= 15 is 0 Å². The van der Waals surface area contributed by atoms with Crippen molar-refractivity contribution < 1.29 is 13.9 Å². The number of piperazine rings is 1. The molecule has 0 N–H and O–H groups in total. The highest BCUT2D eigenvalue weighted by Gasteiger charge is 2.37. The molecule has 48 heavy (non-hydrogen) atoms. The number of amides is 1. The number of aromatic nitrogens is 2. The molecule has 1 saturated heterocycles. The summed E-state index contributed by atoms with van der Waals surface area (Å²) in [5.74, 6) is -0.309. The van der Waals surface area contributed by atoms with Gasteiger partial charge < -0.3 is 14.5 Å². The van der Waals surface area contributed by atoms with Crippen LogP contribution < -0.4 is 9.64 Å². The molecule has 1 aromatic heterocycles. The minimum Gasteiger partial charge on any atom is -0.463 e. The fraction of sp³-hybridized carbons (Fsp3) is 0.641. The summed E-state index contributed by atoms with van der Waals surface area (Å²) in [6.45, 7) is 14.0. The van der Waals surface area contributed by atoms with Crippen LogP contribution in [-0.4, -0.2) is 53.1 Å². The molecule has 1 aliphatic heterocycles.